The zero-order valence-corrected chi connectivity index (χ0v) is 13.1. The normalized spacial score (nSPS) is 11.1. The summed E-state index contributed by atoms with van der Waals surface area (Å²) < 4.78 is 7.95. The smallest absolute Gasteiger partial charge is 0.335 e. The fraction of sp³-hybridized carbons (Fsp3) is 0.222. The summed E-state index contributed by atoms with van der Waals surface area (Å²) in [5, 5.41) is 10.0. The number of hydrogen-bond acceptors (Lipinski definition) is 3. The highest BCUT2D eigenvalue weighted by Crippen LogP contribution is 2.26. The van der Waals surface area contributed by atoms with Crippen LogP contribution < -0.4 is 4.74 Å². The van der Waals surface area contributed by atoms with E-state index in [1.54, 1.807) is 24.5 Å². The van der Waals surface area contributed by atoms with E-state index in [9.17, 15) is 4.79 Å². The van der Waals surface area contributed by atoms with E-state index in [0.29, 0.717) is 12.4 Å². The molecule has 0 atom stereocenters. The van der Waals surface area contributed by atoms with Crippen LogP contribution in [0.5, 0.6) is 5.75 Å². The lowest BCUT2D eigenvalue weighted by atomic mass is 10.1. The van der Waals surface area contributed by atoms with Gasteiger partial charge in [0, 0.05) is 23.1 Å². The summed E-state index contributed by atoms with van der Waals surface area (Å²) in [7, 11) is 0. The molecule has 0 amide bonds. The lowest BCUT2D eigenvalue weighted by Crippen LogP contribution is -2.08. The van der Waals surface area contributed by atoms with E-state index in [2.05, 4.69) is 23.4 Å². The number of aromatic nitrogens is 2. The van der Waals surface area contributed by atoms with Gasteiger partial charge < -0.3 is 14.4 Å². The number of carbonyl (C=O) groups is 1. The standard InChI is InChI=1S/C18H18N2O3/c1-12(2)20-15(11-23-16-4-3-7-19-10-16)9-14-8-13(18(21)22)5-6-17(14)20/h3-10,12H,11H2,1-2H3,(H,21,22). The van der Waals surface area contributed by atoms with Crippen LogP contribution >= 0.6 is 0 Å². The quantitative estimate of drug-likeness (QED) is 0.776. The summed E-state index contributed by atoms with van der Waals surface area (Å²) in [6.07, 6.45) is 3.37. The molecule has 0 radical (unpaired) electrons. The van der Waals surface area contributed by atoms with Crippen molar-refractivity contribution >= 4 is 16.9 Å². The summed E-state index contributed by atoms with van der Waals surface area (Å²) in [4.78, 5) is 15.2. The first-order valence-corrected chi connectivity index (χ1v) is 7.46. The largest absolute Gasteiger partial charge is 0.486 e. The average molecular weight is 310 g/mol. The van der Waals surface area contributed by atoms with E-state index in [1.807, 2.05) is 24.3 Å². The van der Waals surface area contributed by atoms with E-state index in [1.165, 1.54) is 0 Å². The van der Waals surface area contributed by atoms with Gasteiger partial charge in [0.25, 0.3) is 0 Å². The number of hydrogen-bond donors (Lipinski definition) is 1. The van der Waals surface area contributed by atoms with E-state index in [-0.39, 0.29) is 11.6 Å². The Hall–Kier alpha value is -2.82. The number of nitrogens with zero attached hydrogens (tertiary/aromatic N) is 2. The molecule has 0 saturated heterocycles. The van der Waals surface area contributed by atoms with Gasteiger partial charge in [-0.05, 0) is 50.2 Å². The van der Waals surface area contributed by atoms with E-state index >= 15 is 0 Å². The summed E-state index contributed by atoms with van der Waals surface area (Å²) in [5.41, 5.74) is 2.30. The van der Waals surface area contributed by atoms with Crippen molar-refractivity contribution in [1.82, 2.24) is 9.55 Å². The Morgan fingerprint density at radius 2 is 2.13 bits per heavy atom. The number of rotatable bonds is 5. The molecule has 0 saturated carbocycles. The summed E-state index contributed by atoms with van der Waals surface area (Å²) in [6, 6.07) is 11.1. The van der Waals surface area contributed by atoms with Gasteiger partial charge in [0.2, 0.25) is 0 Å². The zero-order valence-electron chi connectivity index (χ0n) is 13.1. The van der Waals surface area contributed by atoms with Crippen LogP contribution in [-0.4, -0.2) is 20.6 Å². The number of fused-ring (bicyclic) bond motifs is 1. The minimum atomic E-state index is -0.919. The molecule has 0 bridgehead atoms. The molecule has 23 heavy (non-hydrogen) atoms. The van der Waals surface area contributed by atoms with Gasteiger partial charge in [-0.15, -0.1) is 0 Å². The van der Waals surface area contributed by atoms with Gasteiger partial charge in [0.1, 0.15) is 12.4 Å². The first kappa shape index (κ1) is 15.1. The van der Waals surface area contributed by atoms with Crippen molar-refractivity contribution in [3.63, 3.8) is 0 Å². The van der Waals surface area contributed by atoms with Crippen LogP contribution in [0.25, 0.3) is 10.9 Å². The highest BCUT2D eigenvalue weighted by atomic mass is 16.5. The van der Waals surface area contributed by atoms with Gasteiger partial charge in [0.05, 0.1) is 17.5 Å². The van der Waals surface area contributed by atoms with E-state index < -0.39 is 5.97 Å². The molecule has 2 aromatic heterocycles. The third-order valence-corrected chi connectivity index (χ3v) is 3.70. The molecule has 2 heterocycles. The Balaban J connectivity index is 1.98. The molecule has 1 N–H and O–H groups in total. The molecule has 0 unspecified atom stereocenters. The Kier molecular flexibility index (Phi) is 4.02. The van der Waals surface area contributed by atoms with Crippen molar-refractivity contribution in [2.45, 2.75) is 26.5 Å². The number of carboxylic acids is 1. The average Bonchev–Trinajstić information content (AvgIpc) is 2.91. The molecule has 3 aromatic rings. The maximum atomic E-state index is 11.1. The van der Waals surface area contributed by atoms with Gasteiger partial charge in [-0.3, -0.25) is 4.98 Å². The topological polar surface area (TPSA) is 64.4 Å². The molecule has 0 fully saturated rings. The van der Waals surface area contributed by atoms with Gasteiger partial charge in [-0.1, -0.05) is 0 Å². The Morgan fingerprint density at radius 3 is 2.78 bits per heavy atom. The molecule has 5 heteroatoms. The highest BCUT2D eigenvalue weighted by Gasteiger charge is 2.14. The molecular weight excluding hydrogens is 292 g/mol. The second-order valence-electron chi connectivity index (χ2n) is 5.66. The molecule has 3 rings (SSSR count). The van der Waals surface area contributed by atoms with Gasteiger partial charge >= 0.3 is 5.97 Å². The Labute approximate surface area is 134 Å². The molecule has 0 aliphatic heterocycles. The van der Waals surface area contributed by atoms with Gasteiger partial charge in [-0.25, -0.2) is 4.79 Å². The fourth-order valence-electron chi connectivity index (χ4n) is 2.74. The van der Waals surface area contributed by atoms with Crippen LogP contribution in [0.1, 0.15) is 35.9 Å². The third-order valence-electron chi connectivity index (χ3n) is 3.70. The molecule has 5 nitrogen and oxygen atoms in total. The van der Waals surface area contributed by atoms with Crippen molar-refractivity contribution in [3.8, 4) is 5.75 Å². The second-order valence-corrected chi connectivity index (χ2v) is 5.66. The molecule has 0 aliphatic rings. The van der Waals surface area contributed by atoms with Crippen molar-refractivity contribution < 1.29 is 14.6 Å². The minimum Gasteiger partial charge on any atom is -0.486 e. The minimum absolute atomic E-state index is 0.246. The van der Waals surface area contributed by atoms with Crippen LogP contribution in [0.15, 0.2) is 48.8 Å². The first-order chi connectivity index (χ1) is 11.1. The van der Waals surface area contributed by atoms with Crippen LogP contribution in [0, 0.1) is 0 Å². The summed E-state index contributed by atoms with van der Waals surface area (Å²) in [5.74, 6) is -0.211. The Morgan fingerprint density at radius 1 is 1.30 bits per heavy atom. The second kappa shape index (κ2) is 6.12. The van der Waals surface area contributed by atoms with Gasteiger partial charge in [-0.2, -0.15) is 0 Å². The predicted molar refractivity (Wildman–Crippen MR) is 87.9 cm³/mol. The van der Waals surface area contributed by atoms with Crippen molar-refractivity contribution in [3.05, 3.63) is 60.0 Å². The van der Waals surface area contributed by atoms with Gasteiger partial charge in [0.15, 0.2) is 0 Å². The number of aromatic carboxylic acids is 1. The Bertz CT molecular complexity index is 838. The van der Waals surface area contributed by atoms with Crippen LogP contribution in [0.4, 0.5) is 0 Å². The lowest BCUT2D eigenvalue weighted by Gasteiger charge is -2.15. The molecule has 0 spiro atoms. The first-order valence-electron chi connectivity index (χ1n) is 7.46. The molecule has 118 valence electrons. The summed E-state index contributed by atoms with van der Waals surface area (Å²) >= 11 is 0. The van der Waals surface area contributed by atoms with Crippen LogP contribution in [-0.2, 0) is 6.61 Å². The number of benzene rings is 1. The SMILES string of the molecule is CC(C)n1c(COc2cccnc2)cc2cc(C(=O)O)ccc21. The third kappa shape index (κ3) is 3.04. The maximum Gasteiger partial charge on any atom is 0.335 e. The predicted octanol–water partition coefficient (Wildman–Crippen LogP) is 3.89. The van der Waals surface area contributed by atoms with Crippen molar-refractivity contribution in [2.24, 2.45) is 0 Å². The molecular formula is C18H18N2O3. The monoisotopic (exact) mass is 310 g/mol. The molecule has 1 aromatic carbocycles. The van der Waals surface area contributed by atoms with Crippen molar-refractivity contribution in [2.75, 3.05) is 0 Å². The summed E-state index contributed by atoms with van der Waals surface area (Å²) in [6.45, 7) is 4.59. The van der Waals surface area contributed by atoms with E-state index in [4.69, 9.17) is 9.84 Å². The van der Waals surface area contributed by atoms with E-state index in [0.717, 1.165) is 16.6 Å². The zero-order chi connectivity index (χ0) is 16.4. The van der Waals surface area contributed by atoms with Crippen LogP contribution in [0.2, 0.25) is 0 Å². The fourth-order valence-corrected chi connectivity index (χ4v) is 2.74. The number of ether oxygens (including phenoxy) is 1. The van der Waals surface area contributed by atoms with Crippen molar-refractivity contribution in [1.29, 1.82) is 0 Å². The molecule has 0 aliphatic carbocycles. The lowest BCUT2D eigenvalue weighted by molar-refractivity contribution is 0.0697. The van der Waals surface area contributed by atoms with Crippen LogP contribution in [0.3, 0.4) is 0 Å². The number of pyridine rings is 1. The highest BCUT2D eigenvalue weighted by molar-refractivity contribution is 5.94. The number of carboxylic acid groups (broad SMARTS) is 1. The maximum absolute atomic E-state index is 11.1.